The fourth-order valence-corrected chi connectivity index (χ4v) is 1.09. The number of methoxy groups -OCH3 is 1. The average Bonchev–Trinajstić information content (AvgIpc) is 2.47. The van der Waals surface area contributed by atoms with Gasteiger partial charge >= 0.3 is 5.97 Å². The van der Waals surface area contributed by atoms with Crippen molar-refractivity contribution in [3.63, 3.8) is 0 Å². The Balaban J connectivity index is 2.62. The van der Waals surface area contributed by atoms with Crippen LogP contribution in [-0.2, 0) is 11.3 Å². The summed E-state index contributed by atoms with van der Waals surface area (Å²) in [4.78, 5) is 10.6. The van der Waals surface area contributed by atoms with Crippen LogP contribution in [0.5, 0.6) is 0 Å². The number of carbonyl (C=O) groups is 1. The third-order valence-electron chi connectivity index (χ3n) is 1.73. The van der Waals surface area contributed by atoms with Crippen LogP contribution in [0.2, 0.25) is 0 Å². The third-order valence-corrected chi connectivity index (χ3v) is 1.73. The summed E-state index contributed by atoms with van der Waals surface area (Å²) in [6.45, 7) is 1.22. The van der Waals surface area contributed by atoms with Gasteiger partial charge in [-0.3, -0.25) is 4.68 Å². The lowest BCUT2D eigenvalue weighted by atomic mass is 10.4. The Bertz CT molecular complexity index is 322. The predicted octanol–water partition coefficient (Wildman–Crippen LogP) is 0.200. The summed E-state index contributed by atoms with van der Waals surface area (Å²) in [7, 11) is 1.61. The molecule has 1 rings (SSSR count). The van der Waals surface area contributed by atoms with Gasteiger partial charge in [-0.15, -0.1) is 0 Å². The van der Waals surface area contributed by atoms with Crippen LogP contribution in [0.3, 0.4) is 0 Å². The molecule has 0 aromatic carbocycles. The maximum Gasteiger partial charge on any atom is 0.358 e. The highest BCUT2D eigenvalue weighted by Gasteiger charge is 2.12. The number of carboxylic acids is 1. The van der Waals surface area contributed by atoms with Gasteiger partial charge in [-0.25, -0.2) is 4.79 Å². The van der Waals surface area contributed by atoms with E-state index in [0.29, 0.717) is 13.2 Å². The van der Waals surface area contributed by atoms with Gasteiger partial charge in [0, 0.05) is 26.5 Å². The van der Waals surface area contributed by atoms with E-state index < -0.39 is 5.97 Å². The average molecular weight is 199 g/mol. The maximum atomic E-state index is 10.6. The molecule has 6 nitrogen and oxygen atoms in total. The van der Waals surface area contributed by atoms with Crippen molar-refractivity contribution in [2.45, 2.75) is 13.0 Å². The molecule has 0 aliphatic heterocycles. The van der Waals surface area contributed by atoms with Crippen molar-refractivity contribution in [2.75, 3.05) is 19.5 Å². The van der Waals surface area contributed by atoms with E-state index in [0.717, 1.165) is 6.42 Å². The van der Waals surface area contributed by atoms with Gasteiger partial charge in [0.1, 0.15) is 0 Å². The molecule has 14 heavy (non-hydrogen) atoms. The van der Waals surface area contributed by atoms with Crippen molar-refractivity contribution in [3.05, 3.63) is 11.9 Å². The van der Waals surface area contributed by atoms with Gasteiger partial charge in [0.2, 0.25) is 0 Å². The number of rotatable bonds is 5. The van der Waals surface area contributed by atoms with Gasteiger partial charge < -0.3 is 15.6 Å². The molecule has 1 aromatic rings. The summed E-state index contributed by atoms with van der Waals surface area (Å²) < 4.78 is 6.37. The number of nitrogens with zero attached hydrogens (tertiary/aromatic N) is 2. The Morgan fingerprint density at radius 3 is 3.00 bits per heavy atom. The van der Waals surface area contributed by atoms with Crippen molar-refractivity contribution < 1.29 is 14.6 Å². The molecular formula is C8H13N3O3. The van der Waals surface area contributed by atoms with Gasteiger partial charge in [-0.1, -0.05) is 0 Å². The van der Waals surface area contributed by atoms with Gasteiger partial charge in [-0.2, -0.15) is 5.10 Å². The molecule has 0 atom stereocenters. The minimum absolute atomic E-state index is 0.0950. The van der Waals surface area contributed by atoms with Crippen molar-refractivity contribution in [1.82, 2.24) is 9.78 Å². The van der Waals surface area contributed by atoms with E-state index in [1.807, 2.05) is 0 Å². The van der Waals surface area contributed by atoms with Crippen LogP contribution in [0.4, 0.5) is 5.69 Å². The van der Waals surface area contributed by atoms with Crippen molar-refractivity contribution in [3.8, 4) is 0 Å². The molecule has 0 saturated carbocycles. The SMILES string of the molecule is COCCCn1cc(N)c(C(=O)O)n1. The van der Waals surface area contributed by atoms with E-state index in [1.165, 1.54) is 10.9 Å². The Hall–Kier alpha value is -1.56. The van der Waals surface area contributed by atoms with E-state index in [2.05, 4.69) is 5.10 Å². The lowest BCUT2D eigenvalue weighted by Gasteiger charge is -1.99. The highest BCUT2D eigenvalue weighted by Crippen LogP contribution is 2.08. The number of aromatic carboxylic acids is 1. The molecule has 6 heteroatoms. The molecule has 0 unspecified atom stereocenters. The fourth-order valence-electron chi connectivity index (χ4n) is 1.09. The number of aryl methyl sites for hydroxylation is 1. The number of anilines is 1. The van der Waals surface area contributed by atoms with Crippen molar-refractivity contribution >= 4 is 11.7 Å². The molecule has 0 aliphatic rings. The molecule has 0 radical (unpaired) electrons. The number of nitrogen functional groups attached to an aromatic ring is 1. The molecule has 0 saturated heterocycles. The van der Waals surface area contributed by atoms with Crippen LogP contribution < -0.4 is 5.73 Å². The molecule has 3 N–H and O–H groups in total. The Labute approximate surface area is 81.3 Å². The van der Waals surface area contributed by atoms with Gasteiger partial charge in [0.05, 0.1) is 5.69 Å². The normalized spacial score (nSPS) is 10.4. The first kappa shape index (κ1) is 10.5. The second-order valence-corrected chi connectivity index (χ2v) is 2.85. The molecular weight excluding hydrogens is 186 g/mol. The van der Waals surface area contributed by atoms with E-state index in [1.54, 1.807) is 7.11 Å². The van der Waals surface area contributed by atoms with Gasteiger partial charge in [0.15, 0.2) is 5.69 Å². The Morgan fingerprint density at radius 1 is 1.79 bits per heavy atom. The van der Waals surface area contributed by atoms with Crippen molar-refractivity contribution in [2.24, 2.45) is 0 Å². The van der Waals surface area contributed by atoms with Crippen LogP contribution in [0.1, 0.15) is 16.9 Å². The highest BCUT2D eigenvalue weighted by molar-refractivity contribution is 5.91. The molecule has 0 fully saturated rings. The summed E-state index contributed by atoms with van der Waals surface area (Å²) >= 11 is 0. The first-order valence-electron chi connectivity index (χ1n) is 4.20. The third kappa shape index (κ3) is 2.46. The largest absolute Gasteiger partial charge is 0.476 e. The number of aromatic nitrogens is 2. The first-order chi connectivity index (χ1) is 6.65. The fraction of sp³-hybridized carbons (Fsp3) is 0.500. The number of hydrogen-bond acceptors (Lipinski definition) is 4. The molecule has 0 spiro atoms. The second-order valence-electron chi connectivity index (χ2n) is 2.85. The van der Waals surface area contributed by atoms with Crippen LogP contribution in [-0.4, -0.2) is 34.6 Å². The zero-order chi connectivity index (χ0) is 10.6. The van der Waals surface area contributed by atoms with Crippen LogP contribution in [0.15, 0.2) is 6.20 Å². The smallest absolute Gasteiger partial charge is 0.358 e. The number of carboxylic acid groups (broad SMARTS) is 1. The van der Waals surface area contributed by atoms with Gasteiger partial charge in [0.25, 0.3) is 0 Å². The first-order valence-corrected chi connectivity index (χ1v) is 4.20. The summed E-state index contributed by atoms with van der Waals surface area (Å²) in [5, 5.41) is 12.5. The van der Waals surface area contributed by atoms with Crippen LogP contribution in [0.25, 0.3) is 0 Å². The standard InChI is InChI=1S/C8H13N3O3/c1-14-4-2-3-11-5-6(9)7(10-11)8(12)13/h5H,2-4,9H2,1H3,(H,12,13). The predicted molar refractivity (Wildman–Crippen MR) is 50.1 cm³/mol. The van der Waals surface area contributed by atoms with Crippen LogP contribution >= 0.6 is 0 Å². The summed E-state index contributed by atoms with van der Waals surface area (Å²) in [6, 6.07) is 0. The molecule has 0 aliphatic carbocycles. The molecule has 78 valence electrons. The maximum absolute atomic E-state index is 10.6. The zero-order valence-corrected chi connectivity index (χ0v) is 7.93. The zero-order valence-electron chi connectivity index (χ0n) is 7.93. The highest BCUT2D eigenvalue weighted by atomic mass is 16.5. The van der Waals surface area contributed by atoms with E-state index in [-0.39, 0.29) is 11.4 Å². The summed E-state index contributed by atoms with van der Waals surface area (Å²) in [5.41, 5.74) is 5.55. The quantitative estimate of drug-likeness (QED) is 0.661. The number of hydrogen-bond donors (Lipinski definition) is 2. The Kier molecular flexibility index (Phi) is 3.47. The van der Waals surface area contributed by atoms with Crippen molar-refractivity contribution in [1.29, 1.82) is 0 Å². The molecule has 1 heterocycles. The number of nitrogens with two attached hydrogens (primary N) is 1. The van der Waals surface area contributed by atoms with E-state index in [9.17, 15) is 4.79 Å². The lowest BCUT2D eigenvalue weighted by Crippen LogP contribution is -2.05. The minimum atomic E-state index is -1.10. The van der Waals surface area contributed by atoms with E-state index in [4.69, 9.17) is 15.6 Å². The molecule has 0 amide bonds. The monoisotopic (exact) mass is 199 g/mol. The topological polar surface area (TPSA) is 90.4 Å². The Morgan fingerprint density at radius 2 is 2.50 bits per heavy atom. The van der Waals surface area contributed by atoms with Gasteiger partial charge in [-0.05, 0) is 6.42 Å². The molecule has 0 bridgehead atoms. The summed E-state index contributed by atoms with van der Waals surface area (Å²) in [6.07, 6.45) is 2.29. The number of ether oxygens (including phenoxy) is 1. The van der Waals surface area contributed by atoms with Crippen LogP contribution in [0, 0.1) is 0 Å². The molecule has 1 aromatic heterocycles. The summed E-state index contributed by atoms with van der Waals surface area (Å²) in [5.74, 6) is -1.10. The second kappa shape index (κ2) is 4.61. The minimum Gasteiger partial charge on any atom is -0.476 e. The van der Waals surface area contributed by atoms with E-state index >= 15 is 0 Å². The lowest BCUT2D eigenvalue weighted by molar-refractivity contribution is 0.0690.